The minimum absolute atomic E-state index is 0.0530. The second-order valence-electron chi connectivity index (χ2n) is 10.1. The molecule has 1 aliphatic heterocycles. The first-order chi connectivity index (χ1) is 16.8. The van der Waals surface area contributed by atoms with Crippen molar-refractivity contribution in [3.05, 3.63) is 65.5 Å². The Hall–Kier alpha value is -3.24. The van der Waals surface area contributed by atoms with Gasteiger partial charge in [-0.05, 0) is 56.4 Å². The molecule has 2 aromatic rings. The number of benzene rings is 2. The second-order valence-corrected chi connectivity index (χ2v) is 10.1. The fourth-order valence-corrected chi connectivity index (χ4v) is 3.88. The molecule has 1 fully saturated rings. The molecule has 10 heteroatoms. The Bertz CT molecular complexity index is 1110. The highest BCUT2D eigenvalue weighted by molar-refractivity contribution is 6.62. The average molecular weight is 497 g/mol. The standard InChI is InChI=1S/C26H33BFN3O5/c1-16(32)30-22(15-18-7-6-8-20(28)13-18)24(34)31-21(23(29)33)14-17-9-11-19(12-10-17)27-35-25(2,3)26(4,5)36-27/h6-13,21-22H,14-15H2,1-5H3,(H2,29,33)(H,30,32)(H,31,34)/t21-,22-/m1/s1. The molecule has 0 bridgehead atoms. The molecular formula is C26H33BFN3O5. The molecule has 0 aromatic heterocycles. The van der Waals surface area contributed by atoms with Crippen LogP contribution in [0.5, 0.6) is 0 Å². The normalized spacial score (nSPS) is 17.8. The monoisotopic (exact) mass is 497 g/mol. The first-order valence-corrected chi connectivity index (χ1v) is 11.8. The van der Waals surface area contributed by atoms with Crippen LogP contribution in [0.15, 0.2) is 48.5 Å². The first-order valence-electron chi connectivity index (χ1n) is 11.8. The van der Waals surface area contributed by atoms with Crippen molar-refractivity contribution in [1.29, 1.82) is 0 Å². The largest absolute Gasteiger partial charge is 0.494 e. The molecule has 0 aliphatic carbocycles. The first kappa shape index (κ1) is 27.4. The minimum Gasteiger partial charge on any atom is -0.399 e. The van der Waals surface area contributed by atoms with Crippen molar-refractivity contribution in [2.45, 2.75) is 70.7 Å². The summed E-state index contributed by atoms with van der Waals surface area (Å²) < 4.78 is 25.7. The lowest BCUT2D eigenvalue weighted by atomic mass is 9.78. The maximum absolute atomic E-state index is 13.6. The van der Waals surface area contributed by atoms with E-state index in [1.54, 1.807) is 6.07 Å². The molecule has 4 N–H and O–H groups in total. The molecule has 2 atom stereocenters. The summed E-state index contributed by atoms with van der Waals surface area (Å²) in [5, 5.41) is 5.18. The number of amides is 3. The van der Waals surface area contributed by atoms with E-state index in [4.69, 9.17) is 15.0 Å². The SMILES string of the molecule is CC(=O)N[C@H](Cc1cccc(F)c1)C(=O)N[C@H](Cc1ccc(B2OC(C)(C)C(C)(C)O2)cc1)C(N)=O. The summed E-state index contributed by atoms with van der Waals surface area (Å²) in [5.41, 5.74) is 6.76. The Morgan fingerprint density at radius 1 is 0.917 bits per heavy atom. The van der Waals surface area contributed by atoms with E-state index in [0.717, 1.165) is 11.0 Å². The van der Waals surface area contributed by atoms with Crippen LogP contribution in [0, 0.1) is 5.82 Å². The Morgan fingerprint density at radius 3 is 2.03 bits per heavy atom. The minimum atomic E-state index is -1.01. The van der Waals surface area contributed by atoms with Crippen molar-refractivity contribution in [2.75, 3.05) is 0 Å². The van der Waals surface area contributed by atoms with Gasteiger partial charge in [-0.15, -0.1) is 0 Å². The lowest BCUT2D eigenvalue weighted by Crippen LogP contribution is -2.54. The molecule has 2 aromatic carbocycles. The summed E-state index contributed by atoms with van der Waals surface area (Å²) in [6.07, 6.45) is 0.203. The van der Waals surface area contributed by atoms with Crippen molar-refractivity contribution in [2.24, 2.45) is 5.73 Å². The average Bonchev–Trinajstić information content (AvgIpc) is 2.99. The number of nitrogens with two attached hydrogens (primary N) is 1. The lowest BCUT2D eigenvalue weighted by Gasteiger charge is -2.32. The van der Waals surface area contributed by atoms with E-state index in [0.29, 0.717) is 5.56 Å². The molecule has 0 radical (unpaired) electrons. The number of primary amides is 1. The predicted molar refractivity (Wildman–Crippen MR) is 135 cm³/mol. The van der Waals surface area contributed by atoms with Crippen molar-refractivity contribution in [3.63, 3.8) is 0 Å². The number of hydrogen-bond acceptors (Lipinski definition) is 5. The summed E-state index contributed by atoms with van der Waals surface area (Å²) in [7, 11) is -0.517. The van der Waals surface area contributed by atoms with Gasteiger partial charge in [-0.3, -0.25) is 14.4 Å². The topological polar surface area (TPSA) is 120 Å². The van der Waals surface area contributed by atoms with Crippen LogP contribution in [0.4, 0.5) is 4.39 Å². The van der Waals surface area contributed by atoms with E-state index in [9.17, 15) is 18.8 Å². The Morgan fingerprint density at radius 2 is 1.50 bits per heavy atom. The predicted octanol–water partition coefficient (Wildman–Crippen LogP) is 1.38. The summed E-state index contributed by atoms with van der Waals surface area (Å²) in [5.74, 6) is -2.19. The number of hydrogen-bond donors (Lipinski definition) is 3. The fourth-order valence-electron chi connectivity index (χ4n) is 3.88. The third-order valence-electron chi connectivity index (χ3n) is 6.63. The molecule has 1 saturated heterocycles. The van der Waals surface area contributed by atoms with E-state index in [-0.39, 0.29) is 12.8 Å². The molecular weight excluding hydrogens is 464 g/mol. The Labute approximate surface area is 211 Å². The molecule has 8 nitrogen and oxygen atoms in total. The van der Waals surface area contributed by atoms with Crippen LogP contribution in [-0.2, 0) is 36.5 Å². The summed E-state index contributed by atoms with van der Waals surface area (Å²) in [4.78, 5) is 36.8. The van der Waals surface area contributed by atoms with Crippen LogP contribution >= 0.6 is 0 Å². The maximum Gasteiger partial charge on any atom is 0.494 e. The fraction of sp³-hybridized carbons (Fsp3) is 0.423. The van der Waals surface area contributed by atoms with Gasteiger partial charge in [-0.25, -0.2) is 4.39 Å². The van der Waals surface area contributed by atoms with Gasteiger partial charge < -0.3 is 25.7 Å². The summed E-state index contributed by atoms with van der Waals surface area (Å²) in [6.45, 7) is 9.18. The van der Waals surface area contributed by atoms with Gasteiger partial charge in [0.2, 0.25) is 17.7 Å². The molecule has 0 saturated carbocycles. The van der Waals surface area contributed by atoms with Gasteiger partial charge in [0.25, 0.3) is 0 Å². The van der Waals surface area contributed by atoms with Crippen molar-refractivity contribution in [3.8, 4) is 0 Å². The zero-order valence-electron chi connectivity index (χ0n) is 21.3. The number of carbonyl (C=O) groups excluding carboxylic acids is 3. The molecule has 0 spiro atoms. The van der Waals surface area contributed by atoms with Crippen LogP contribution < -0.4 is 21.8 Å². The number of nitrogens with one attached hydrogen (secondary N) is 2. The molecule has 3 amide bonds. The molecule has 1 heterocycles. The Kier molecular flexibility index (Phi) is 8.21. The Balaban J connectivity index is 1.69. The van der Waals surface area contributed by atoms with Crippen molar-refractivity contribution < 1.29 is 28.1 Å². The smallest absolute Gasteiger partial charge is 0.399 e. The van der Waals surface area contributed by atoms with Crippen LogP contribution in [0.3, 0.4) is 0 Å². The number of carbonyl (C=O) groups is 3. The van der Waals surface area contributed by atoms with E-state index < -0.39 is 53.9 Å². The van der Waals surface area contributed by atoms with E-state index in [1.165, 1.54) is 25.1 Å². The second kappa shape index (κ2) is 10.8. The third-order valence-corrected chi connectivity index (χ3v) is 6.63. The maximum atomic E-state index is 13.6. The zero-order chi connectivity index (χ0) is 26.7. The van der Waals surface area contributed by atoms with E-state index >= 15 is 0 Å². The zero-order valence-corrected chi connectivity index (χ0v) is 21.3. The third kappa shape index (κ3) is 6.70. The number of halogens is 1. The van der Waals surface area contributed by atoms with E-state index in [1.807, 2.05) is 52.0 Å². The molecule has 1 aliphatic rings. The molecule has 36 heavy (non-hydrogen) atoms. The van der Waals surface area contributed by atoms with Gasteiger partial charge in [-0.1, -0.05) is 36.4 Å². The highest BCUT2D eigenvalue weighted by Gasteiger charge is 2.51. The molecule has 192 valence electrons. The summed E-state index contributed by atoms with van der Waals surface area (Å²) in [6, 6.07) is 11.1. The van der Waals surface area contributed by atoms with Gasteiger partial charge in [-0.2, -0.15) is 0 Å². The van der Waals surface area contributed by atoms with Gasteiger partial charge in [0.1, 0.15) is 17.9 Å². The van der Waals surface area contributed by atoms with Crippen molar-refractivity contribution >= 4 is 30.3 Å². The lowest BCUT2D eigenvalue weighted by molar-refractivity contribution is -0.130. The van der Waals surface area contributed by atoms with Crippen LogP contribution in [-0.4, -0.2) is 48.1 Å². The van der Waals surface area contributed by atoms with Crippen molar-refractivity contribution in [1.82, 2.24) is 10.6 Å². The van der Waals surface area contributed by atoms with Gasteiger partial charge in [0, 0.05) is 19.8 Å². The quantitative estimate of drug-likeness (QED) is 0.453. The van der Waals surface area contributed by atoms with Crippen LogP contribution in [0.25, 0.3) is 0 Å². The summed E-state index contributed by atoms with van der Waals surface area (Å²) >= 11 is 0. The number of rotatable bonds is 9. The van der Waals surface area contributed by atoms with Gasteiger partial charge >= 0.3 is 7.12 Å². The van der Waals surface area contributed by atoms with Gasteiger partial charge in [0.15, 0.2) is 0 Å². The highest BCUT2D eigenvalue weighted by atomic mass is 19.1. The van der Waals surface area contributed by atoms with Gasteiger partial charge in [0.05, 0.1) is 11.2 Å². The van der Waals surface area contributed by atoms with Crippen LogP contribution in [0.1, 0.15) is 45.7 Å². The molecule has 3 rings (SSSR count). The molecule has 0 unspecified atom stereocenters. The highest BCUT2D eigenvalue weighted by Crippen LogP contribution is 2.36. The van der Waals surface area contributed by atoms with Crippen LogP contribution in [0.2, 0.25) is 0 Å². The van der Waals surface area contributed by atoms with E-state index in [2.05, 4.69) is 10.6 Å².